The predicted octanol–water partition coefficient (Wildman–Crippen LogP) is 1.46. The van der Waals surface area contributed by atoms with Crippen molar-refractivity contribution in [2.24, 2.45) is 11.7 Å². The molecule has 0 aromatic carbocycles. The van der Waals surface area contributed by atoms with Crippen LogP contribution >= 0.6 is 12.2 Å². The number of nitrogens with two attached hydrogens (primary N) is 1. The van der Waals surface area contributed by atoms with Crippen molar-refractivity contribution in [1.82, 2.24) is 0 Å². The van der Waals surface area contributed by atoms with Crippen LogP contribution in [0.5, 0.6) is 0 Å². The van der Waals surface area contributed by atoms with Crippen LogP contribution in [0.3, 0.4) is 0 Å². The fraction of sp³-hybridized carbons (Fsp3) is 0.875. The van der Waals surface area contributed by atoms with E-state index in [0.29, 0.717) is 0 Å². The lowest BCUT2D eigenvalue weighted by molar-refractivity contribution is 0.117. The van der Waals surface area contributed by atoms with E-state index in [0.717, 1.165) is 24.1 Å². The van der Waals surface area contributed by atoms with E-state index in [-0.39, 0.29) is 5.92 Å². The highest BCUT2D eigenvalue weighted by Crippen LogP contribution is 2.09. The van der Waals surface area contributed by atoms with Gasteiger partial charge in [-0.25, -0.2) is 0 Å². The molecule has 0 aliphatic rings. The highest BCUT2D eigenvalue weighted by Gasteiger charge is 2.07. The molecule has 0 saturated carbocycles. The van der Waals surface area contributed by atoms with Gasteiger partial charge in [-0.1, -0.05) is 19.1 Å². The van der Waals surface area contributed by atoms with Crippen LogP contribution in [0, 0.1) is 5.92 Å². The number of hydrogen-bond acceptors (Lipinski definition) is 3. The SMILES string of the molecule is CC(=S)CCCC(C)C(N)O. The Kier molecular flexibility index (Phi) is 5.64. The first kappa shape index (κ1) is 11.0. The third-order valence-electron chi connectivity index (χ3n) is 1.77. The highest BCUT2D eigenvalue weighted by atomic mass is 32.1. The summed E-state index contributed by atoms with van der Waals surface area (Å²) in [6.07, 6.45) is 2.27. The van der Waals surface area contributed by atoms with E-state index in [1.165, 1.54) is 0 Å². The van der Waals surface area contributed by atoms with E-state index in [1.807, 2.05) is 13.8 Å². The molecule has 0 heterocycles. The summed E-state index contributed by atoms with van der Waals surface area (Å²) in [4.78, 5) is 1.03. The van der Waals surface area contributed by atoms with Crippen molar-refractivity contribution in [3.05, 3.63) is 0 Å². The molecular weight excluding hydrogens is 158 g/mol. The average molecular weight is 175 g/mol. The van der Waals surface area contributed by atoms with Crippen molar-refractivity contribution >= 4 is 17.1 Å². The van der Waals surface area contributed by atoms with Gasteiger partial charge in [-0.15, -0.1) is 0 Å². The van der Waals surface area contributed by atoms with Crippen molar-refractivity contribution in [3.8, 4) is 0 Å². The molecule has 2 unspecified atom stereocenters. The Balaban J connectivity index is 3.31. The fourth-order valence-electron chi connectivity index (χ4n) is 0.844. The Morgan fingerprint density at radius 3 is 2.55 bits per heavy atom. The number of aliphatic hydroxyl groups excluding tert-OH is 1. The Bertz CT molecular complexity index is 125. The number of hydrogen-bond donors (Lipinski definition) is 2. The largest absolute Gasteiger partial charge is 0.379 e. The average Bonchev–Trinajstić information content (AvgIpc) is 1.86. The molecule has 3 heteroatoms. The predicted molar refractivity (Wildman–Crippen MR) is 51.5 cm³/mol. The molecule has 0 aliphatic carbocycles. The highest BCUT2D eigenvalue weighted by molar-refractivity contribution is 7.80. The van der Waals surface area contributed by atoms with Gasteiger partial charge in [0.25, 0.3) is 0 Å². The maximum absolute atomic E-state index is 8.93. The van der Waals surface area contributed by atoms with Gasteiger partial charge < -0.3 is 10.8 Å². The zero-order chi connectivity index (χ0) is 8.85. The van der Waals surface area contributed by atoms with E-state index >= 15 is 0 Å². The normalized spacial score (nSPS) is 16.0. The third kappa shape index (κ3) is 6.41. The molecule has 2 nitrogen and oxygen atoms in total. The van der Waals surface area contributed by atoms with Gasteiger partial charge in [0.15, 0.2) is 0 Å². The Morgan fingerprint density at radius 1 is 1.64 bits per heavy atom. The van der Waals surface area contributed by atoms with Gasteiger partial charge in [0.2, 0.25) is 0 Å². The number of rotatable bonds is 5. The van der Waals surface area contributed by atoms with Gasteiger partial charge in [-0.2, -0.15) is 0 Å². The van der Waals surface area contributed by atoms with Crippen LogP contribution in [-0.4, -0.2) is 16.2 Å². The fourth-order valence-corrected chi connectivity index (χ4v) is 0.988. The zero-order valence-corrected chi connectivity index (χ0v) is 8.03. The summed E-state index contributed by atoms with van der Waals surface area (Å²) >= 11 is 4.92. The minimum absolute atomic E-state index is 0.185. The van der Waals surface area contributed by atoms with Crippen LogP contribution in [0.4, 0.5) is 0 Å². The second-order valence-electron chi connectivity index (χ2n) is 3.06. The molecular formula is C8H17NOS. The van der Waals surface area contributed by atoms with E-state index in [9.17, 15) is 0 Å². The lowest BCUT2D eigenvalue weighted by atomic mass is 10.0. The second-order valence-corrected chi connectivity index (χ2v) is 3.76. The van der Waals surface area contributed by atoms with Gasteiger partial charge >= 0.3 is 0 Å². The van der Waals surface area contributed by atoms with E-state index in [4.69, 9.17) is 23.1 Å². The lowest BCUT2D eigenvalue weighted by Crippen LogP contribution is -2.27. The molecule has 66 valence electrons. The summed E-state index contributed by atoms with van der Waals surface area (Å²) in [5.41, 5.74) is 5.28. The van der Waals surface area contributed by atoms with Crippen LogP contribution in [-0.2, 0) is 0 Å². The third-order valence-corrected chi connectivity index (χ3v) is 1.98. The molecule has 0 aromatic rings. The molecule has 0 aliphatic heterocycles. The van der Waals surface area contributed by atoms with Crippen LogP contribution in [0.1, 0.15) is 33.1 Å². The van der Waals surface area contributed by atoms with Crippen LogP contribution in [0.2, 0.25) is 0 Å². The Morgan fingerprint density at radius 2 is 2.18 bits per heavy atom. The summed E-state index contributed by atoms with van der Waals surface area (Å²) in [5.74, 6) is 0.185. The van der Waals surface area contributed by atoms with Gasteiger partial charge in [0.05, 0.1) is 0 Å². The molecule has 0 bridgehead atoms. The molecule has 0 aromatic heterocycles. The van der Waals surface area contributed by atoms with Gasteiger partial charge in [-0.05, 0) is 37.0 Å². The second kappa shape index (κ2) is 5.63. The van der Waals surface area contributed by atoms with Crippen molar-refractivity contribution in [2.75, 3.05) is 0 Å². The molecule has 0 spiro atoms. The maximum atomic E-state index is 8.93. The molecule has 0 saturated heterocycles. The van der Waals surface area contributed by atoms with Crippen LogP contribution in [0.15, 0.2) is 0 Å². The minimum Gasteiger partial charge on any atom is -0.379 e. The first-order valence-electron chi connectivity index (χ1n) is 3.97. The molecule has 3 N–H and O–H groups in total. The van der Waals surface area contributed by atoms with Crippen molar-refractivity contribution < 1.29 is 5.11 Å². The Labute approximate surface area is 73.8 Å². The van der Waals surface area contributed by atoms with Crippen LogP contribution in [0.25, 0.3) is 0 Å². The summed E-state index contributed by atoms with van der Waals surface area (Å²) in [6.45, 7) is 3.89. The lowest BCUT2D eigenvalue weighted by Gasteiger charge is -2.13. The van der Waals surface area contributed by atoms with Gasteiger partial charge in [0, 0.05) is 0 Å². The van der Waals surface area contributed by atoms with E-state index < -0.39 is 6.23 Å². The monoisotopic (exact) mass is 175 g/mol. The summed E-state index contributed by atoms with van der Waals surface area (Å²) in [5, 5.41) is 8.93. The van der Waals surface area contributed by atoms with Gasteiger partial charge in [-0.3, -0.25) is 0 Å². The smallest absolute Gasteiger partial charge is 0.104 e. The van der Waals surface area contributed by atoms with Gasteiger partial charge in [0.1, 0.15) is 6.23 Å². The van der Waals surface area contributed by atoms with Crippen LogP contribution < -0.4 is 5.73 Å². The van der Waals surface area contributed by atoms with Crippen molar-refractivity contribution in [2.45, 2.75) is 39.3 Å². The maximum Gasteiger partial charge on any atom is 0.104 e. The van der Waals surface area contributed by atoms with Crippen molar-refractivity contribution in [3.63, 3.8) is 0 Å². The molecule has 0 rings (SSSR count). The first-order valence-corrected chi connectivity index (χ1v) is 4.38. The Hall–Kier alpha value is 0.0100. The zero-order valence-electron chi connectivity index (χ0n) is 7.21. The number of thiocarbonyl (C=S) groups is 1. The van der Waals surface area contributed by atoms with E-state index in [1.54, 1.807) is 0 Å². The summed E-state index contributed by atoms with van der Waals surface area (Å²) in [6, 6.07) is 0. The molecule has 0 fully saturated rings. The summed E-state index contributed by atoms with van der Waals surface area (Å²) in [7, 11) is 0. The standard InChI is InChI=1S/C8H17NOS/c1-6(8(9)10)4-3-5-7(2)11/h6,8,10H,3-5,9H2,1-2H3. The quantitative estimate of drug-likeness (QED) is 0.491. The molecule has 0 amide bonds. The molecule has 11 heavy (non-hydrogen) atoms. The summed E-state index contributed by atoms with van der Waals surface area (Å²) < 4.78 is 0. The topological polar surface area (TPSA) is 46.2 Å². The molecule has 0 radical (unpaired) electrons. The minimum atomic E-state index is -0.680. The van der Waals surface area contributed by atoms with E-state index in [2.05, 4.69) is 0 Å². The number of aliphatic hydroxyl groups is 1. The molecule has 2 atom stereocenters. The first-order chi connectivity index (χ1) is 5.04. The van der Waals surface area contributed by atoms with Crippen molar-refractivity contribution in [1.29, 1.82) is 0 Å².